The first-order valence-electron chi connectivity index (χ1n) is 1.79. The van der Waals surface area contributed by atoms with Crippen LogP contribution in [0.2, 0.25) is 0 Å². The van der Waals surface area contributed by atoms with Crippen molar-refractivity contribution >= 4 is 11.9 Å². The maximum absolute atomic E-state index is 8.51. The first kappa shape index (κ1) is 5.33. The molecule has 5 heteroatoms. The van der Waals surface area contributed by atoms with Gasteiger partial charge in [0.1, 0.15) is 0 Å². The summed E-state index contributed by atoms with van der Waals surface area (Å²) < 4.78 is 2.31. The van der Waals surface area contributed by atoms with Crippen LogP contribution in [-0.2, 0) is 0 Å². The summed E-state index contributed by atoms with van der Waals surface area (Å²) in [5.41, 5.74) is 0. The largest absolute Gasteiger partial charge is 0.340 e. The Morgan fingerprint density at radius 2 is 2.29 bits per heavy atom. The lowest BCUT2D eigenvalue weighted by Crippen LogP contribution is -2.47. The first-order chi connectivity index (χ1) is 3.21. The van der Waals surface area contributed by atoms with Crippen LogP contribution in [0.5, 0.6) is 0 Å². The summed E-state index contributed by atoms with van der Waals surface area (Å²) in [6.07, 6.45) is 0. The Kier molecular flexibility index (Phi) is 1.22. The van der Waals surface area contributed by atoms with Crippen molar-refractivity contribution in [2.24, 2.45) is 0 Å². The number of rotatable bonds is 0. The molecular weight excluding hydrogens is 116 g/mol. The highest BCUT2D eigenvalue weighted by atomic mass is 32.2. The molecule has 1 saturated heterocycles. The standard InChI is InChI=1S/C2H6N2O2S/c5-2(6)3-1-7-4-2/h3-6H,1H2. The van der Waals surface area contributed by atoms with E-state index in [1.807, 2.05) is 0 Å². The van der Waals surface area contributed by atoms with E-state index >= 15 is 0 Å². The van der Waals surface area contributed by atoms with Gasteiger partial charge in [0, 0.05) is 0 Å². The molecule has 42 valence electrons. The molecule has 7 heavy (non-hydrogen) atoms. The molecule has 0 saturated carbocycles. The van der Waals surface area contributed by atoms with E-state index in [9.17, 15) is 0 Å². The molecule has 0 atom stereocenters. The van der Waals surface area contributed by atoms with E-state index in [0.717, 1.165) is 0 Å². The number of hydrogen-bond acceptors (Lipinski definition) is 5. The quantitative estimate of drug-likeness (QED) is 0.230. The van der Waals surface area contributed by atoms with E-state index in [1.54, 1.807) is 0 Å². The van der Waals surface area contributed by atoms with Crippen LogP contribution in [0.15, 0.2) is 0 Å². The van der Waals surface area contributed by atoms with Crippen LogP contribution in [0, 0.1) is 0 Å². The molecule has 0 radical (unpaired) electrons. The molecule has 1 aliphatic rings. The molecule has 1 heterocycles. The van der Waals surface area contributed by atoms with Crippen LogP contribution in [-0.4, -0.2) is 22.1 Å². The molecule has 1 aliphatic heterocycles. The van der Waals surface area contributed by atoms with E-state index in [0.29, 0.717) is 5.88 Å². The van der Waals surface area contributed by atoms with Crippen LogP contribution in [0.25, 0.3) is 0 Å². The molecule has 0 aromatic rings. The minimum absolute atomic E-state index is 0.521. The fourth-order valence-electron chi connectivity index (χ4n) is 0.310. The van der Waals surface area contributed by atoms with Gasteiger partial charge >= 0.3 is 0 Å². The molecule has 1 fully saturated rings. The van der Waals surface area contributed by atoms with Crippen molar-refractivity contribution in [3.05, 3.63) is 0 Å². The van der Waals surface area contributed by atoms with Gasteiger partial charge < -0.3 is 10.2 Å². The average Bonchev–Trinajstić information content (AvgIpc) is 1.84. The molecule has 0 spiro atoms. The zero-order chi connectivity index (χ0) is 5.33. The summed E-state index contributed by atoms with van der Waals surface area (Å²) in [5, 5.41) is 19.4. The monoisotopic (exact) mass is 122 g/mol. The number of nitrogens with one attached hydrogen (secondary N) is 2. The molecule has 0 amide bonds. The van der Waals surface area contributed by atoms with Crippen LogP contribution < -0.4 is 10.0 Å². The summed E-state index contributed by atoms with van der Waals surface area (Å²) in [6.45, 7) is 0. The second-order valence-corrected chi connectivity index (χ2v) is 2.02. The molecule has 1 rings (SSSR count). The predicted molar refractivity (Wildman–Crippen MR) is 25.9 cm³/mol. The third kappa shape index (κ3) is 1.29. The van der Waals surface area contributed by atoms with Gasteiger partial charge in [-0.1, -0.05) is 11.9 Å². The normalized spacial score (nSPS) is 28.3. The van der Waals surface area contributed by atoms with Gasteiger partial charge in [0.15, 0.2) is 0 Å². The minimum atomic E-state index is -1.84. The van der Waals surface area contributed by atoms with Crippen molar-refractivity contribution in [2.75, 3.05) is 5.88 Å². The van der Waals surface area contributed by atoms with E-state index < -0.39 is 6.03 Å². The number of hydrogen-bond donors (Lipinski definition) is 4. The van der Waals surface area contributed by atoms with Gasteiger partial charge in [-0.15, -0.1) is 0 Å². The van der Waals surface area contributed by atoms with Crippen molar-refractivity contribution in [1.29, 1.82) is 0 Å². The fraction of sp³-hybridized carbons (Fsp3) is 1.00. The van der Waals surface area contributed by atoms with Crippen LogP contribution in [0.4, 0.5) is 0 Å². The Morgan fingerprint density at radius 3 is 2.43 bits per heavy atom. The molecule has 0 aromatic heterocycles. The van der Waals surface area contributed by atoms with Gasteiger partial charge in [-0.05, 0) is 0 Å². The Bertz CT molecular complexity index is 68.1. The highest BCUT2D eigenvalue weighted by Crippen LogP contribution is 2.05. The van der Waals surface area contributed by atoms with Crippen LogP contribution in [0.3, 0.4) is 0 Å². The fourth-order valence-corrected chi connectivity index (χ4v) is 0.929. The van der Waals surface area contributed by atoms with Gasteiger partial charge in [0.2, 0.25) is 0 Å². The summed E-state index contributed by atoms with van der Waals surface area (Å²) in [4.78, 5) is 0. The van der Waals surface area contributed by atoms with Gasteiger partial charge in [-0.3, -0.25) is 0 Å². The summed E-state index contributed by atoms with van der Waals surface area (Å²) >= 11 is 1.22. The average molecular weight is 122 g/mol. The van der Waals surface area contributed by atoms with Crippen molar-refractivity contribution in [1.82, 2.24) is 10.0 Å². The maximum Gasteiger partial charge on any atom is 0.296 e. The van der Waals surface area contributed by atoms with Crippen LogP contribution in [0.1, 0.15) is 0 Å². The van der Waals surface area contributed by atoms with Gasteiger partial charge in [0.25, 0.3) is 6.03 Å². The predicted octanol–water partition coefficient (Wildman–Crippen LogP) is -1.62. The van der Waals surface area contributed by atoms with Gasteiger partial charge in [-0.2, -0.15) is 4.72 Å². The summed E-state index contributed by atoms with van der Waals surface area (Å²) in [5.74, 6) is 0.521. The Morgan fingerprint density at radius 1 is 1.57 bits per heavy atom. The Balaban J connectivity index is 2.40. The third-order valence-electron chi connectivity index (χ3n) is 0.605. The van der Waals surface area contributed by atoms with E-state index in [2.05, 4.69) is 10.0 Å². The summed E-state index contributed by atoms with van der Waals surface area (Å²) in [7, 11) is 0. The van der Waals surface area contributed by atoms with Crippen molar-refractivity contribution in [3.63, 3.8) is 0 Å². The highest BCUT2D eigenvalue weighted by Gasteiger charge is 2.26. The van der Waals surface area contributed by atoms with Gasteiger partial charge in [-0.25, -0.2) is 5.32 Å². The lowest BCUT2D eigenvalue weighted by atomic mass is 10.9. The Labute approximate surface area is 45.0 Å². The smallest absolute Gasteiger partial charge is 0.296 e. The van der Waals surface area contributed by atoms with Gasteiger partial charge in [0.05, 0.1) is 5.88 Å². The van der Waals surface area contributed by atoms with E-state index in [1.165, 1.54) is 11.9 Å². The molecular formula is C2H6N2O2S. The van der Waals surface area contributed by atoms with Crippen molar-refractivity contribution < 1.29 is 10.2 Å². The minimum Gasteiger partial charge on any atom is -0.340 e. The molecule has 4 N–H and O–H groups in total. The molecule has 0 aromatic carbocycles. The second kappa shape index (κ2) is 1.61. The zero-order valence-corrected chi connectivity index (χ0v) is 4.33. The molecule has 0 bridgehead atoms. The summed E-state index contributed by atoms with van der Waals surface area (Å²) in [6, 6.07) is -1.84. The van der Waals surface area contributed by atoms with Crippen molar-refractivity contribution in [2.45, 2.75) is 6.03 Å². The highest BCUT2D eigenvalue weighted by molar-refractivity contribution is 7.97. The molecule has 0 unspecified atom stereocenters. The second-order valence-electron chi connectivity index (χ2n) is 1.24. The van der Waals surface area contributed by atoms with Crippen molar-refractivity contribution in [3.8, 4) is 0 Å². The Hall–Kier alpha value is 0.190. The first-order valence-corrected chi connectivity index (χ1v) is 2.78. The SMILES string of the molecule is OC1(O)NCSN1. The third-order valence-corrected chi connectivity index (χ3v) is 1.32. The van der Waals surface area contributed by atoms with Crippen LogP contribution >= 0.6 is 11.9 Å². The maximum atomic E-state index is 8.51. The van der Waals surface area contributed by atoms with E-state index in [4.69, 9.17) is 10.2 Å². The topological polar surface area (TPSA) is 64.5 Å². The lowest BCUT2D eigenvalue weighted by Gasteiger charge is -2.11. The lowest BCUT2D eigenvalue weighted by molar-refractivity contribution is -0.182. The van der Waals surface area contributed by atoms with E-state index in [-0.39, 0.29) is 0 Å². The number of aliphatic hydroxyl groups is 2. The molecule has 0 aliphatic carbocycles. The molecule has 4 nitrogen and oxygen atoms in total. The zero-order valence-electron chi connectivity index (χ0n) is 3.51.